The van der Waals surface area contributed by atoms with Crippen LogP contribution in [0.25, 0.3) is 22.2 Å². The molecule has 0 fully saturated rings. The molecule has 0 atom stereocenters. The topological polar surface area (TPSA) is 38.7 Å². The van der Waals surface area contributed by atoms with Crippen LogP contribution in [0.15, 0.2) is 42.6 Å². The highest BCUT2D eigenvalue weighted by molar-refractivity contribution is 6.28. The molecule has 0 aliphatic rings. The summed E-state index contributed by atoms with van der Waals surface area (Å²) < 4.78 is 0. The van der Waals surface area contributed by atoms with Crippen molar-refractivity contribution in [2.75, 3.05) is 0 Å². The van der Waals surface area contributed by atoms with Crippen LogP contribution in [-0.2, 0) is 0 Å². The molecule has 1 aromatic carbocycles. The molecule has 0 radical (unpaired) electrons. The zero-order valence-corrected chi connectivity index (χ0v) is 10.5. The number of aromatic nitrogens is 3. The van der Waals surface area contributed by atoms with Crippen molar-refractivity contribution in [2.45, 2.75) is 6.92 Å². The Labute approximate surface area is 109 Å². The van der Waals surface area contributed by atoms with Gasteiger partial charge in [-0.3, -0.25) is 4.98 Å². The second-order valence-electron chi connectivity index (χ2n) is 4.07. The Morgan fingerprint density at radius 2 is 1.89 bits per heavy atom. The quantitative estimate of drug-likeness (QED) is 0.623. The standard InChI is InChI=1S/C14H10ClN3/c1-9-2-3-10-8-11(4-5-12(10)17-9)13-6-7-16-14(15)18-13/h2-8H,1H3. The predicted molar refractivity (Wildman–Crippen MR) is 72.5 cm³/mol. The summed E-state index contributed by atoms with van der Waals surface area (Å²) >= 11 is 5.80. The van der Waals surface area contributed by atoms with Gasteiger partial charge in [-0.25, -0.2) is 9.97 Å². The van der Waals surface area contributed by atoms with E-state index in [9.17, 15) is 0 Å². The van der Waals surface area contributed by atoms with Gasteiger partial charge in [0, 0.05) is 22.8 Å². The molecule has 0 saturated heterocycles. The van der Waals surface area contributed by atoms with E-state index in [1.165, 1.54) is 0 Å². The average molecular weight is 256 g/mol. The number of pyridine rings is 1. The van der Waals surface area contributed by atoms with E-state index in [0.717, 1.165) is 27.9 Å². The largest absolute Gasteiger partial charge is 0.253 e. The lowest BCUT2D eigenvalue weighted by Crippen LogP contribution is -1.88. The first kappa shape index (κ1) is 11.1. The minimum absolute atomic E-state index is 0.259. The molecule has 0 amide bonds. The molecular formula is C14H10ClN3. The molecule has 0 saturated carbocycles. The number of hydrogen-bond donors (Lipinski definition) is 0. The number of fused-ring (bicyclic) bond motifs is 1. The van der Waals surface area contributed by atoms with Crippen LogP contribution in [0.3, 0.4) is 0 Å². The van der Waals surface area contributed by atoms with Crippen LogP contribution in [-0.4, -0.2) is 15.0 Å². The highest BCUT2D eigenvalue weighted by Crippen LogP contribution is 2.22. The second kappa shape index (κ2) is 4.35. The molecule has 3 nitrogen and oxygen atoms in total. The third-order valence-electron chi connectivity index (χ3n) is 2.75. The number of aryl methyl sites for hydroxylation is 1. The summed E-state index contributed by atoms with van der Waals surface area (Å²) in [5, 5.41) is 1.35. The average Bonchev–Trinajstić information content (AvgIpc) is 2.38. The Morgan fingerprint density at radius 3 is 2.72 bits per heavy atom. The van der Waals surface area contributed by atoms with Crippen LogP contribution < -0.4 is 0 Å². The van der Waals surface area contributed by atoms with E-state index in [1.54, 1.807) is 6.20 Å². The fourth-order valence-corrected chi connectivity index (χ4v) is 2.03. The van der Waals surface area contributed by atoms with Gasteiger partial charge in [0.2, 0.25) is 5.28 Å². The maximum absolute atomic E-state index is 5.80. The highest BCUT2D eigenvalue weighted by atomic mass is 35.5. The first-order valence-corrected chi connectivity index (χ1v) is 5.96. The smallest absolute Gasteiger partial charge is 0.222 e. The molecule has 0 aliphatic heterocycles. The van der Waals surface area contributed by atoms with Gasteiger partial charge in [0.05, 0.1) is 11.2 Å². The Hall–Kier alpha value is -2.00. The van der Waals surface area contributed by atoms with Crippen molar-refractivity contribution in [1.82, 2.24) is 15.0 Å². The number of benzene rings is 1. The summed E-state index contributed by atoms with van der Waals surface area (Å²) in [6.45, 7) is 1.98. The van der Waals surface area contributed by atoms with Crippen LogP contribution >= 0.6 is 11.6 Å². The number of rotatable bonds is 1. The third kappa shape index (κ3) is 2.05. The van der Waals surface area contributed by atoms with E-state index >= 15 is 0 Å². The van der Waals surface area contributed by atoms with Gasteiger partial charge in [0.25, 0.3) is 0 Å². The fraction of sp³-hybridized carbons (Fsp3) is 0.0714. The minimum Gasteiger partial charge on any atom is -0.253 e. The van der Waals surface area contributed by atoms with E-state index in [0.29, 0.717) is 0 Å². The highest BCUT2D eigenvalue weighted by Gasteiger charge is 2.03. The molecule has 3 rings (SSSR count). The van der Waals surface area contributed by atoms with Crippen LogP contribution in [0.1, 0.15) is 5.69 Å². The molecule has 0 N–H and O–H groups in total. The Bertz CT molecular complexity index is 725. The summed E-state index contributed by atoms with van der Waals surface area (Å²) in [6.07, 6.45) is 1.66. The van der Waals surface area contributed by atoms with Gasteiger partial charge < -0.3 is 0 Å². The van der Waals surface area contributed by atoms with Gasteiger partial charge in [0.1, 0.15) is 0 Å². The normalized spacial score (nSPS) is 10.8. The maximum atomic E-state index is 5.80. The molecule has 4 heteroatoms. The van der Waals surface area contributed by atoms with Gasteiger partial charge in [0.15, 0.2) is 0 Å². The summed E-state index contributed by atoms with van der Waals surface area (Å²) in [4.78, 5) is 12.6. The van der Waals surface area contributed by atoms with Crippen molar-refractivity contribution in [3.05, 3.63) is 53.6 Å². The zero-order valence-electron chi connectivity index (χ0n) is 9.76. The molecule has 0 aliphatic carbocycles. The fourth-order valence-electron chi connectivity index (χ4n) is 1.88. The summed E-state index contributed by atoms with van der Waals surface area (Å²) in [6, 6.07) is 11.9. The van der Waals surface area contributed by atoms with E-state index in [2.05, 4.69) is 27.1 Å². The third-order valence-corrected chi connectivity index (χ3v) is 2.93. The van der Waals surface area contributed by atoms with E-state index in [1.807, 2.05) is 31.2 Å². The van der Waals surface area contributed by atoms with Gasteiger partial charge in [-0.15, -0.1) is 0 Å². The summed E-state index contributed by atoms with van der Waals surface area (Å²) in [5.41, 5.74) is 3.83. The van der Waals surface area contributed by atoms with Gasteiger partial charge >= 0.3 is 0 Å². The van der Waals surface area contributed by atoms with Crippen LogP contribution in [0.2, 0.25) is 5.28 Å². The zero-order chi connectivity index (χ0) is 12.5. The number of nitrogens with zero attached hydrogens (tertiary/aromatic N) is 3. The minimum atomic E-state index is 0.259. The van der Waals surface area contributed by atoms with Crippen LogP contribution in [0.4, 0.5) is 0 Å². The lowest BCUT2D eigenvalue weighted by Gasteiger charge is -2.03. The van der Waals surface area contributed by atoms with Crippen molar-refractivity contribution in [2.24, 2.45) is 0 Å². The summed E-state index contributed by atoms with van der Waals surface area (Å²) in [5.74, 6) is 0. The maximum Gasteiger partial charge on any atom is 0.222 e. The van der Waals surface area contributed by atoms with Crippen molar-refractivity contribution in [1.29, 1.82) is 0 Å². The molecule has 18 heavy (non-hydrogen) atoms. The molecule has 0 unspecified atom stereocenters. The van der Waals surface area contributed by atoms with Crippen molar-refractivity contribution in [3.8, 4) is 11.3 Å². The Kier molecular flexibility index (Phi) is 2.68. The molecule has 3 aromatic rings. The number of hydrogen-bond acceptors (Lipinski definition) is 3. The molecule has 0 bridgehead atoms. The SMILES string of the molecule is Cc1ccc2cc(-c3ccnc(Cl)n3)ccc2n1. The van der Waals surface area contributed by atoms with Crippen molar-refractivity contribution >= 4 is 22.5 Å². The molecule has 2 aromatic heterocycles. The Balaban J connectivity index is 2.16. The van der Waals surface area contributed by atoms with Crippen molar-refractivity contribution in [3.63, 3.8) is 0 Å². The second-order valence-corrected chi connectivity index (χ2v) is 4.41. The first-order chi connectivity index (χ1) is 8.72. The van der Waals surface area contributed by atoms with Crippen LogP contribution in [0.5, 0.6) is 0 Å². The molecular weight excluding hydrogens is 246 g/mol. The summed E-state index contributed by atoms with van der Waals surface area (Å²) in [7, 11) is 0. The lowest BCUT2D eigenvalue weighted by molar-refractivity contribution is 1.17. The lowest BCUT2D eigenvalue weighted by atomic mass is 10.1. The number of halogens is 1. The van der Waals surface area contributed by atoms with E-state index in [4.69, 9.17) is 11.6 Å². The van der Waals surface area contributed by atoms with Crippen LogP contribution in [0, 0.1) is 6.92 Å². The predicted octanol–water partition coefficient (Wildman–Crippen LogP) is 3.65. The van der Waals surface area contributed by atoms with Gasteiger partial charge in [-0.05, 0) is 42.8 Å². The van der Waals surface area contributed by atoms with E-state index < -0.39 is 0 Å². The molecule has 2 heterocycles. The Morgan fingerprint density at radius 1 is 1.00 bits per heavy atom. The van der Waals surface area contributed by atoms with Gasteiger partial charge in [-0.1, -0.05) is 12.1 Å². The van der Waals surface area contributed by atoms with E-state index in [-0.39, 0.29) is 5.28 Å². The molecule has 88 valence electrons. The van der Waals surface area contributed by atoms with Crippen molar-refractivity contribution < 1.29 is 0 Å². The van der Waals surface area contributed by atoms with Gasteiger partial charge in [-0.2, -0.15) is 0 Å². The monoisotopic (exact) mass is 255 g/mol. The molecule has 0 spiro atoms. The first-order valence-electron chi connectivity index (χ1n) is 5.59.